The standard InChI is InChI=1S/C30H24N2/c1-3-9-22(10-4-1)23-15-17-24(18-16-23)31-25-19-20-30-28(21-25)27-13-7-8-14-29(27)32(30)26-11-5-2-6-12-26/h1-18,21,31H,19-20H2. The number of para-hydroxylation sites is 2. The highest BCUT2D eigenvalue weighted by molar-refractivity contribution is 5.94. The molecule has 4 aromatic carbocycles. The number of aromatic nitrogens is 1. The molecule has 2 nitrogen and oxygen atoms in total. The number of hydrogen-bond donors (Lipinski definition) is 1. The van der Waals surface area contributed by atoms with Crippen LogP contribution in [0.15, 0.2) is 115 Å². The minimum atomic E-state index is 0.997. The first-order valence-corrected chi connectivity index (χ1v) is 11.2. The minimum Gasteiger partial charge on any atom is -0.359 e. The van der Waals surface area contributed by atoms with Gasteiger partial charge < -0.3 is 9.88 Å². The lowest BCUT2D eigenvalue weighted by Gasteiger charge is -2.19. The number of benzene rings is 4. The highest BCUT2D eigenvalue weighted by atomic mass is 15.0. The molecule has 1 aliphatic carbocycles. The molecular formula is C30H24N2. The van der Waals surface area contributed by atoms with Crippen LogP contribution in [-0.4, -0.2) is 4.57 Å². The van der Waals surface area contributed by atoms with Crippen LogP contribution in [0.3, 0.4) is 0 Å². The summed E-state index contributed by atoms with van der Waals surface area (Å²) < 4.78 is 2.42. The van der Waals surface area contributed by atoms with Gasteiger partial charge in [0.05, 0.1) is 5.52 Å². The summed E-state index contributed by atoms with van der Waals surface area (Å²) in [6.07, 6.45) is 4.35. The lowest BCUT2D eigenvalue weighted by atomic mass is 9.99. The van der Waals surface area contributed by atoms with E-state index < -0.39 is 0 Å². The lowest BCUT2D eigenvalue weighted by Crippen LogP contribution is -2.09. The molecule has 1 aliphatic rings. The molecule has 154 valence electrons. The van der Waals surface area contributed by atoms with Crippen molar-refractivity contribution in [3.8, 4) is 16.8 Å². The van der Waals surface area contributed by atoms with Gasteiger partial charge in [0.15, 0.2) is 0 Å². The molecule has 0 radical (unpaired) electrons. The topological polar surface area (TPSA) is 17.0 Å². The van der Waals surface area contributed by atoms with Crippen molar-refractivity contribution >= 4 is 22.7 Å². The maximum absolute atomic E-state index is 3.67. The lowest BCUT2D eigenvalue weighted by molar-refractivity contribution is 0.859. The van der Waals surface area contributed by atoms with Crippen LogP contribution < -0.4 is 5.32 Å². The molecule has 6 rings (SSSR count). The molecule has 0 saturated carbocycles. The molecule has 0 aliphatic heterocycles. The van der Waals surface area contributed by atoms with Gasteiger partial charge in [-0.05, 0) is 60.4 Å². The Hall–Kier alpha value is -4.04. The Balaban J connectivity index is 1.35. The summed E-state index contributed by atoms with van der Waals surface area (Å²) in [7, 11) is 0. The number of allylic oxidation sites excluding steroid dienone is 1. The summed E-state index contributed by atoms with van der Waals surface area (Å²) in [6.45, 7) is 0. The third kappa shape index (κ3) is 3.30. The van der Waals surface area contributed by atoms with Gasteiger partial charge in [-0.2, -0.15) is 0 Å². The molecular weight excluding hydrogens is 388 g/mol. The normalized spacial score (nSPS) is 12.9. The zero-order chi connectivity index (χ0) is 21.3. The van der Waals surface area contributed by atoms with E-state index in [0.29, 0.717) is 0 Å². The van der Waals surface area contributed by atoms with Gasteiger partial charge in [0.1, 0.15) is 0 Å². The SMILES string of the molecule is C1=C(Nc2ccc(-c3ccccc3)cc2)CCc2c1c1ccccc1n2-c1ccccc1. The second kappa shape index (κ2) is 7.90. The van der Waals surface area contributed by atoms with E-state index in [-0.39, 0.29) is 0 Å². The predicted octanol–water partition coefficient (Wildman–Crippen LogP) is 7.70. The number of anilines is 1. The van der Waals surface area contributed by atoms with Crippen molar-refractivity contribution in [2.75, 3.05) is 5.32 Å². The molecule has 0 spiro atoms. The van der Waals surface area contributed by atoms with Crippen LogP contribution in [0.25, 0.3) is 33.8 Å². The van der Waals surface area contributed by atoms with E-state index in [1.165, 1.54) is 44.7 Å². The highest BCUT2D eigenvalue weighted by Gasteiger charge is 2.20. The summed E-state index contributed by atoms with van der Waals surface area (Å²) in [5, 5.41) is 4.98. The van der Waals surface area contributed by atoms with Crippen molar-refractivity contribution in [2.45, 2.75) is 12.8 Å². The molecule has 0 atom stereocenters. The Morgan fingerprint density at radius 1 is 0.594 bits per heavy atom. The van der Waals surface area contributed by atoms with Crippen molar-refractivity contribution in [1.82, 2.24) is 4.57 Å². The van der Waals surface area contributed by atoms with Crippen LogP contribution in [0.4, 0.5) is 5.69 Å². The summed E-state index contributed by atoms with van der Waals surface area (Å²) in [5.41, 5.74) is 10.1. The van der Waals surface area contributed by atoms with Gasteiger partial charge in [-0.15, -0.1) is 0 Å². The Morgan fingerprint density at radius 3 is 2.03 bits per heavy atom. The maximum Gasteiger partial charge on any atom is 0.0537 e. The van der Waals surface area contributed by atoms with E-state index in [4.69, 9.17) is 0 Å². The number of fused-ring (bicyclic) bond motifs is 3. The van der Waals surface area contributed by atoms with Crippen LogP contribution in [0.2, 0.25) is 0 Å². The molecule has 1 aromatic heterocycles. The summed E-state index contributed by atoms with van der Waals surface area (Å²) in [6, 6.07) is 38.7. The first kappa shape index (κ1) is 18.7. The monoisotopic (exact) mass is 412 g/mol. The Labute approximate surface area is 188 Å². The van der Waals surface area contributed by atoms with Crippen molar-refractivity contribution in [3.63, 3.8) is 0 Å². The van der Waals surface area contributed by atoms with Gasteiger partial charge in [-0.1, -0.05) is 78.9 Å². The van der Waals surface area contributed by atoms with Crippen LogP contribution in [-0.2, 0) is 6.42 Å². The molecule has 0 unspecified atom stereocenters. The molecule has 0 amide bonds. The second-order valence-electron chi connectivity index (χ2n) is 8.29. The third-order valence-corrected chi connectivity index (χ3v) is 6.28. The van der Waals surface area contributed by atoms with E-state index in [2.05, 4.69) is 125 Å². The molecule has 1 N–H and O–H groups in total. The largest absolute Gasteiger partial charge is 0.359 e. The molecule has 5 aromatic rings. The fourth-order valence-corrected chi connectivity index (χ4v) is 4.76. The summed E-state index contributed by atoms with van der Waals surface area (Å²) in [4.78, 5) is 0. The van der Waals surface area contributed by atoms with Gasteiger partial charge in [-0.25, -0.2) is 0 Å². The van der Waals surface area contributed by atoms with Crippen LogP contribution in [0.1, 0.15) is 17.7 Å². The first-order chi connectivity index (χ1) is 15.9. The van der Waals surface area contributed by atoms with Gasteiger partial charge in [-0.3, -0.25) is 0 Å². The highest BCUT2D eigenvalue weighted by Crippen LogP contribution is 2.36. The van der Waals surface area contributed by atoms with E-state index >= 15 is 0 Å². The van der Waals surface area contributed by atoms with E-state index in [1.807, 2.05) is 0 Å². The zero-order valence-corrected chi connectivity index (χ0v) is 17.8. The van der Waals surface area contributed by atoms with E-state index in [9.17, 15) is 0 Å². The molecule has 0 bridgehead atoms. The number of nitrogens with zero attached hydrogens (tertiary/aromatic N) is 1. The molecule has 2 heteroatoms. The fraction of sp³-hybridized carbons (Fsp3) is 0.0667. The Morgan fingerprint density at radius 2 is 1.25 bits per heavy atom. The van der Waals surface area contributed by atoms with Crippen molar-refractivity contribution in [1.29, 1.82) is 0 Å². The summed E-state index contributed by atoms with van der Waals surface area (Å²) >= 11 is 0. The molecule has 32 heavy (non-hydrogen) atoms. The van der Waals surface area contributed by atoms with E-state index in [0.717, 1.165) is 18.5 Å². The molecule has 1 heterocycles. The predicted molar refractivity (Wildman–Crippen MR) is 135 cm³/mol. The zero-order valence-electron chi connectivity index (χ0n) is 17.8. The third-order valence-electron chi connectivity index (χ3n) is 6.28. The second-order valence-corrected chi connectivity index (χ2v) is 8.29. The smallest absolute Gasteiger partial charge is 0.0537 e. The van der Waals surface area contributed by atoms with E-state index in [1.54, 1.807) is 0 Å². The average Bonchev–Trinajstić information content (AvgIpc) is 3.19. The molecule has 0 fully saturated rings. The van der Waals surface area contributed by atoms with Crippen LogP contribution in [0, 0.1) is 0 Å². The minimum absolute atomic E-state index is 0.997. The fourth-order valence-electron chi connectivity index (χ4n) is 4.76. The van der Waals surface area contributed by atoms with Gasteiger partial charge >= 0.3 is 0 Å². The van der Waals surface area contributed by atoms with Gasteiger partial charge in [0.25, 0.3) is 0 Å². The average molecular weight is 413 g/mol. The van der Waals surface area contributed by atoms with Crippen LogP contribution in [0.5, 0.6) is 0 Å². The molecule has 0 saturated heterocycles. The quantitative estimate of drug-likeness (QED) is 0.320. The van der Waals surface area contributed by atoms with Crippen molar-refractivity contribution < 1.29 is 0 Å². The Kier molecular flexibility index (Phi) is 4.62. The number of hydrogen-bond acceptors (Lipinski definition) is 1. The number of nitrogens with one attached hydrogen (secondary N) is 1. The van der Waals surface area contributed by atoms with Crippen LogP contribution >= 0.6 is 0 Å². The maximum atomic E-state index is 3.67. The summed E-state index contributed by atoms with van der Waals surface area (Å²) in [5.74, 6) is 0. The van der Waals surface area contributed by atoms with Crippen molar-refractivity contribution in [2.24, 2.45) is 0 Å². The van der Waals surface area contributed by atoms with Gasteiger partial charge in [0.2, 0.25) is 0 Å². The Bertz CT molecular complexity index is 1410. The number of rotatable bonds is 4. The van der Waals surface area contributed by atoms with Crippen molar-refractivity contribution in [3.05, 3.63) is 126 Å². The van der Waals surface area contributed by atoms with Gasteiger partial charge in [0, 0.05) is 33.7 Å². The first-order valence-electron chi connectivity index (χ1n) is 11.2.